The van der Waals surface area contributed by atoms with E-state index in [1.807, 2.05) is 48.5 Å². The number of hydrogen-bond acceptors (Lipinski definition) is 3. The molecule has 0 aliphatic heterocycles. The lowest BCUT2D eigenvalue weighted by atomic mass is 10.1. The van der Waals surface area contributed by atoms with E-state index >= 15 is 0 Å². The fourth-order valence-electron chi connectivity index (χ4n) is 3.95. The Morgan fingerprint density at radius 3 is 2.59 bits per heavy atom. The van der Waals surface area contributed by atoms with Crippen LogP contribution in [-0.4, -0.2) is 20.8 Å². The van der Waals surface area contributed by atoms with Crippen LogP contribution in [0.4, 0.5) is 5.82 Å². The van der Waals surface area contributed by atoms with Gasteiger partial charge in [0.2, 0.25) is 0 Å². The number of para-hydroxylation sites is 1. The van der Waals surface area contributed by atoms with Gasteiger partial charge in [-0.05, 0) is 43.2 Å². The summed E-state index contributed by atoms with van der Waals surface area (Å²) in [5.74, 6) is 0.688. The van der Waals surface area contributed by atoms with Crippen molar-refractivity contribution >= 4 is 43.6 Å². The molecule has 2 N–H and O–H groups in total. The van der Waals surface area contributed by atoms with E-state index in [0.717, 1.165) is 39.4 Å². The van der Waals surface area contributed by atoms with Gasteiger partial charge in [0, 0.05) is 15.9 Å². The quantitative estimate of drug-likeness (QED) is 0.489. The Labute approximate surface area is 164 Å². The highest BCUT2D eigenvalue weighted by molar-refractivity contribution is 9.10. The molecule has 2 heterocycles. The molecule has 4 aromatic rings. The standard InChI is InChI=1S/C21H19BrN4O/c22-13-9-11-15(12-10-13)26-21(27)18-19(25-26)16-7-3-4-8-17(16)24-20(18)23-14-5-1-2-6-14/h3-4,7-12,14,25H,1-2,5-6H2,(H,23,24). The minimum absolute atomic E-state index is 0.0777. The molecule has 2 aromatic heterocycles. The first-order valence-electron chi connectivity index (χ1n) is 9.27. The first-order chi connectivity index (χ1) is 13.2. The fourth-order valence-corrected chi connectivity index (χ4v) is 4.21. The Morgan fingerprint density at radius 1 is 1.07 bits per heavy atom. The van der Waals surface area contributed by atoms with Gasteiger partial charge in [0.15, 0.2) is 0 Å². The van der Waals surface area contributed by atoms with Crippen molar-refractivity contribution in [2.24, 2.45) is 0 Å². The van der Waals surface area contributed by atoms with E-state index in [4.69, 9.17) is 4.98 Å². The van der Waals surface area contributed by atoms with E-state index in [1.165, 1.54) is 12.8 Å². The zero-order valence-corrected chi connectivity index (χ0v) is 16.3. The lowest BCUT2D eigenvalue weighted by Gasteiger charge is -2.13. The zero-order valence-electron chi connectivity index (χ0n) is 14.7. The van der Waals surface area contributed by atoms with Gasteiger partial charge in [-0.2, -0.15) is 0 Å². The molecule has 0 bridgehead atoms. The molecule has 27 heavy (non-hydrogen) atoms. The van der Waals surface area contributed by atoms with Gasteiger partial charge in [-0.15, -0.1) is 0 Å². The molecule has 1 fully saturated rings. The summed E-state index contributed by atoms with van der Waals surface area (Å²) in [7, 11) is 0. The lowest BCUT2D eigenvalue weighted by Crippen LogP contribution is -2.19. The Bertz CT molecular complexity index is 1190. The third-order valence-electron chi connectivity index (χ3n) is 5.31. The van der Waals surface area contributed by atoms with Crippen LogP contribution in [0.3, 0.4) is 0 Å². The lowest BCUT2D eigenvalue weighted by molar-refractivity contribution is 0.752. The number of anilines is 1. The number of rotatable bonds is 3. The van der Waals surface area contributed by atoms with Crippen LogP contribution in [0.25, 0.3) is 27.5 Å². The van der Waals surface area contributed by atoms with Gasteiger partial charge in [0.1, 0.15) is 11.2 Å². The van der Waals surface area contributed by atoms with Gasteiger partial charge in [-0.25, -0.2) is 9.67 Å². The first kappa shape index (κ1) is 16.6. The number of halogens is 1. The second-order valence-electron chi connectivity index (χ2n) is 7.08. The van der Waals surface area contributed by atoms with Gasteiger partial charge in [-0.3, -0.25) is 9.89 Å². The van der Waals surface area contributed by atoms with Crippen molar-refractivity contribution in [2.75, 3.05) is 5.32 Å². The van der Waals surface area contributed by atoms with Crippen molar-refractivity contribution in [1.82, 2.24) is 14.8 Å². The molecule has 5 rings (SSSR count). The molecule has 1 aliphatic rings. The molecule has 0 radical (unpaired) electrons. The summed E-state index contributed by atoms with van der Waals surface area (Å²) in [6.07, 6.45) is 4.71. The van der Waals surface area contributed by atoms with E-state index < -0.39 is 0 Å². The van der Waals surface area contributed by atoms with Gasteiger partial charge < -0.3 is 5.32 Å². The maximum Gasteiger partial charge on any atom is 0.282 e. The predicted octanol–water partition coefficient (Wildman–Crippen LogP) is 4.98. The summed E-state index contributed by atoms with van der Waals surface area (Å²) in [5, 5.41) is 8.44. The van der Waals surface area contributed by atoms with Gasteiger partial charge in [-0.1, -0.05) is 47.0 Å². The summed E-state index contributed by atoms with van der Waals surface area (Å²) in [6, 6.07) is 16.0. The molecule has 0 atom stereocenters. The molecule has 0 saturated heterocycles. The molecular weight excluding hydrogens is 404 g/mol. The molecule has 136 valence electrons. The summed E-state index contributed by atoms with van der Waals surface area (Å²) >= 11 is 3.45. The van der Waals surface area contributed by atoms with Crippen LogP contribution in [0.15, 0.2) is 57.8 Å². The van der Waals surface area contributed by atoms with Gasteiger partial charge in [0.05, 0.1) is 16.7 Å². The number of pyridine rings is 1. The summed E-state index contributed by atoms with van der Waals surface area (Å²) in [5.41, 5.74) is 2.44. The molecule has 0 amide bonds. The summed E-state index contributed by atoms with van der Waals surface area (Å²) in [6.45, 7) is 0. The van der Waals surface area contributed by atoms with E-state index in [9.17, 15) is 4.79 Å². The number of H-pyrrole nitrogens is 1. The smallest absolute Gasteiger partial charge is 0.282 e. The van der Waals surface area contributed by atoms with Crippen LogP contribution >= 0.6 is 15.9 Å². The second-order valence-corrected chi connectivity index (χ2v) is 8.00. The molecule has 6 heteroatoms. The number of aromatic nitrogens is 3. The Kier molecular flexibility index (Phi) is 4.01. The van der Waals surface area contributed by atoms with E-state index in [1.54, 1.807) is 4.68 Å². The second kappa shape index (κ2) is 6.53. The van der Waals surface area contributed by atoms with Crippen LogP contribution in [0.1, 0.15) is 25.7 Å². The summed E-state index contributed by atoms with van der Waals surface area (Å²) < 4.78 is 2.58. The zero-order chi connectivity index (χ0) is 18.4. The maximum atomic E-state index is 13.3. The fraction of sp³-hybridized carbons (Fsp3) is 0.238. The van der Waals surface area contributed by atoms with Crippen LogP contribution < -0.4 is 10.9 Å². The van der Waals surface area contributed by atoms with E-state index in [-0.39, 0.29) is 5.56 Å². The van der Waals surface area contributed by atoms with Crippen molar-refractivity contribution in [1.29, 1.82) is 0 Å². The number of fused-ring (bicyclic) bond motifs is 3. The van der Waals surface area contributed by atoms with Crippen molar-refractivity contribution < 1.29 is 0 Å². The average Bonchev–Trinajstić information content (AvgIpc) is 3.31. The molecule has 1 aliphatic carbocycles. The Morgan fingerprint density at radius 2 is 1.81 bits per heavy atom. The van der Waals surface area contributed by atoms with Crippen molar-refractivity contribution in [3.8, 4) is 5.69 Å². The SMILES string of the molecule is O=c1c2c(NC3CCCC3)nc3ccccc3c2[nH]n1-c1ccc(Br)cc1. The highest BCUT2D eigenvalue weighted by atomic mass is 79.9. The highest BCUT2D eigenvalue weighted by Crippen LogP contribution is 2.29. The molecular formula is C21H19BrN4O. The number of nitrogens with zero attached hydrogens (tertiary/aromatic N) is 2. The van der Waals surface area contributed by atoms with Crippen LogP contribution in [0.2, 0.25) is 0 Å². The minimum atomic E-state index is -0.0777. The highest BCUT2D eigenvalue weighted by Gasteiger charge is 2.21. The van der Waals surface area contributed by atoms with E-state index in [2.05, 4.69) is 26.3 Å². The average molecular weight is 423 g/mol. The third-order valence-corrected chi connectivity index (χ3v) is 5.84. The minimum Gasteiger partial charge on any atom is -0.367 e. The van der Waals surface area contributed by atoms with Crippen molar-refractivity contribution in [3.05, 3.63) is 63.4 Å². The van der Waals surface area contributed by atoms with Crippen LogP contribution in [0.5, 0.6) is 0 Å². The number of nitrogens with one attached hydrogen (secondary N) is 2. The normalized spacial score (nSPS) is 15.0. The van der Waals surface area contributed by atoms with Gasteiger partial charge in [0.25, 0.3) is 5.56 Å². The van der Waals surface area contributed by atoms with Gasteiger partial charge >= 0.3 is 0 Å². The Hall–Kier alpha value is -2.60. The molecule has 0 spiro atoms. The topological polar surface area (TPSA) is 62.7 Å². The maximum absolute atomic E-state index is 13.3. The predicted molar refractivity (Wildman–Crippen MR) is 113 cm³/mol. The van der Waals surface area contributed by atoms with E-state index in [0.29, 0.717) is 17.2 Å². The largest absolute Gasteiger partial charge is 0.367 e. The first-order valence-corrected chi connectivity index (χ1v) is 10.1. The Balaban J connectivity index is 1.77. The van der Waals surface area contributed by atoms with Crippen molar-refractivity contribution in [2.45, 2.75) is 31.7 Å². The van der Waals surface area contributed by atoms with Crippen molar-refractivity contribution in [3.63, 3.8) is 0 Å². The third kappa shape index (κ3) is 2.84. The molecule has 1 saturated carbocycles. The number of aromatic amines is 1. The monoisotopic (exact) mass is 422 g/mol. The number of benzene rings is 2. The molecule has 5 nitrogen and oxygen atoms in total. The van der Waals surface area contributed by atoms with Crippen LogP contribution in [0, 0.1) is 0 Å². The molecule has 2 aromatic carbocycles. The molecule has 0 unspecified atom stereocenters. The summed E-state index contributed by atoms with van der Waals surface area (Å²) in [4.78, 5) is 18.1. The number of hydrogen-bond donors (Lipinski definition) is 2. The van der Waals surface area contributed by atoms with Crippen LogP contribution in [-0.2, 0) is 0 Å².